The minimum absolute atomic E-state index is 0.418. The Morgan fingerprint density at radius 3 is 3.00 bits per heavy atom. The van der Waals surface area contributed by atoms with Crippen LogP contribution in [0.2, 0.25) is 0 Å². The summed E-state index contributed by atoms with van der Waals surface area (Å²) in [6.07, 6.45) is 1.01. The van der Waals surface area contributed by atoms with Gasteiger partial charge in [0, 0.05) is 18.0 Å². The van der Waals surface area contributed by atoms with E-state index in [1.165, 1.54) is 11.2 Å². The highest BCUT2D eigenvalue weighted by Gasteiger charge is 2.34. The number of rotatable bonds is 2. The van der Waals surface area contributed by atoms with Crippen LogP contribution < -0.4 is 10.5 Å². The summed E-state index contributed by atoms with van der Waals surface area (Å²) < 4.78 is 0. The van der Waals surface area contributed by atoms with E-state index in [0.29, 0.717) is 5.84 Å². The third kappa shape index (κ3) is 1.85. The fourth-order valence-corrected chi connectivity index (χ4v) is 2.10. The van der Waals surface area contributed by atoms with Crippen molar-refractivity contribution in [3.05, 3.63) is 29.8 Å². The summed E-state index contributed by atoms with van der Waals surface area (Å²) in [5.74, 6) is -1.30. The third-order valence-corrected chi connectivity index (χ3v) is 2.98. The third-order valence-electron chi connectivity index (χ3n) is 2.98. The topological polar surface area (TPSA) is 97.2 Å². The van der Waals surface area contributed by atoms with Crippen LogP contribution in [0.3, 0.4) is 0 Å². The van der Waals surface area contributed by atoms with Gasteiger partial charge in [-0.15, -0.1) is 0 Å². The van der Waals surface area contributed by atoms with Gasteiger partial charge in [-0.05, 0) is 12.1 Å². The van der Waals surface area contributed by atoms with Crippen LogP contribution >= 0.6 is 0 Å². The second-order valence-corrected chi connectivity index (χ2v) is 4.17. The molecule has 1 atom stereocenters. The van der Waals surface area contributed by atoms with E-state index in [-0.39, 0.29) is 0 Å². The Labute approximate surface area is 108 Å². The molecule has 0 spiro atoms. The molecular formula is C12H9N4O3-. The number of benzene rings is 1. The molecule has 0 aliphatic carbocycles. The van der Waals surface area contributed by atoms with E-state index < -0.39 is 24.3 Å². The van der Waals surface area contributed by atoms with Gasteiger partial charge in [0.15, 0.2) is 5.84 Å². The smallest absolute Gasteiger partial charge is 0.263 e. The number of carbonyl (C=O) groups is 2. The minimum Gasteiger partial charge on any atom is -0.550 e. The molecule has 0 bridgehead atoms. The van der Waals surface area contributed by atoms with Crippen molar-refractivity contribution in [2.75, 3.05) is 0 Å². The summed E-state index contributed by atoms with van der Waals surface area (Å²) in [6.45, 7) is 0. The molecule has 0 fully saturated rings. The molecule has 1 aromatic rings. The van der Waals surface area contributed by atoms with E-state index in [0.717, 1.165) is 11.3 Å². The van der Waals surface area contributed by atoms with Gasteiger partial charge in [-0.1, -0.05) is 12.1 Å². The molecule has 2 heterocycles. The SMILES string of the molecule is O=C([O-])C[C@H]1C(=O)NN=C2c3ccccc3N=CN21. The molecule has 2 aliphatic heterocycles. The maximum atomic E-state index is 11.7. The van der Waals surface area contributed by atoms with Crippen molar-refractivity contribution in [1.29, 1.82) is 0 Å². The Morgan fingerprint density at radius 2 is 2.21 bits per heavy atom. The first-order valence-corrected chi connectivity index (χ1v) is 5.66. The van der Waals surface area contributed by atoms with Crippen molar-refractivity contribution in [2.45, 2.75) is 12.5 Å². The Balaban J connectivity index is 2.04. The number of amides is 1. The summed E-state index contributed by atoms with van der Waals surface area (Å²) in [7, 11) is 0. The molecule has 7 heteroatoms. The molecule has 2 aliphatic rings. The average molecular weight is 257 g/mol. The maximum absolute atomic E-state index is 11.7. The van der Waals surface area contributed by atoms with E-state index in [2.05, 4.69) is 15.5 Å². The summed E-state index contributed by atoms with van der Waals surface area (Å²) in [5.41, 5.74) is 3.80. The standard InChI is InChI=1S/C12H10N4O3/c17-10(18)5-9-12(19)15-14-11-7-3-1-2-4-8(7)13-6-16(9)11/h1-4,6,9H,5H2,(H,15,19)(H,17,18)/p-1/t9-/m0/s1. The van der Waals surface area contributed by atoms with Crippen LogP contribution in [0.4, 0.5) is 5.69 Å². The first-order valence-electron chi connectivity index (χ1n) is 5.66. The molecule has 19 heavy (non-hydrogen) atoms. The van der Waals surface area contributed by atoms with Crippen LogP contribution in [-0.4, -0.2) is 35.0 Å². The van der Waals surface area contributed by atoms with Crippen molar-refractivity contribution < 1.29 is 14.7 Å². The fourth-order valence-electron chi connectivity index (χ4n) is 2.10. The van der Waals surface area contributed by atoms with Gasteiger partial charge >= 0.3 is 0 Å². The molecule has 7 nitrogen and oxygen atoms in total. The highest BCUT2D eigenvalue weighted by molar-refractivity contribution is 6.14. The summed E-state index contributed by atoms with van der Waals surface area (Å²) in [6, 6.07) is 6.40. The van der Waals surface area contributed by atoms with Crippen LogP contribution in [0.25, 0.3) is 0 Å². The first-order chi connectivity index (χ1) is 9.16. The van der Waals surface area contributed by atoms with Gasteiger partial charge in [0.2, 0.25) is 0 Å². The largest absolute Gasteiger partial charge is 0.550 e. The van der Waals surface area contributed by atoms with E-state index in [4.69, 9.17) is 0 Å². The van der Waals surface area contributed by atoms with E-state index in [9.17, 15) is 14.7 Å². The molecule has 3 rings (SSSR count). The number of hydrogen-bond acceptors (Lipinski definition) is 6. The molecule has 1 aromatic carbocycles. The number of hydrogen-bond donors (Lipinski definition) is 1. The van der Waals surface area contributed by atoms with Crippen molar-refractivity contribution in [3.63, 3.8) is 0 Å². The lowest BCUT2D eigenvalue weighted by molar-refractivity contribution is -0.306. The fraction of sp³-hybridized carbons (Fsp3) is 0.167. The van der Waals surface area contributed by atoms with Crippen molar-refractivity contribution in [2.24, 2.45) is 10.1 Å². The number of carboxylic acid groups (broad SMARTS) is 1. The van der Waals surface area contributed by atoms with Crippen LogP contribution in [0.1, 0.15) is 12.0 Å². The van der Waals surface area contributed by atoms with Crippen molar-refractivity contribution >= 4 is 29.7 Å². The number of aliphatic carboxylic acids is 1. The Hall–Kier alpha value is -2.70. The second-order valence-electron chi connectivity index (χ2n) is 4.17. The molecular weight excluding hydrogens is 248 g/mol. The zero-order chi connectivity index (χ0) is 13.4. The van der Waals surface area contributed by atoms with Crippen molar-refractivity contribution in [1.82, 2.24) is 10.3 Å². The van der Waals surface area contributed by atoms with E-state index in [1.54, 1.807) is 0 Å². The van der Waals surface area contributed by atoms with Crippen LogP contribution in [-0.2, 0) is 9.59 Å². The number of nitrogens with zero attached hydrogens (tertiary/aromatic N) is 3. The second kappa shape index (κ2) is 4.20. The highest BCUT2D eigenvalue weighted by Crippen LogP contribution is 2.26. The van der Waals surface area contributed by atoms with Gasteiger partial charge in [0.05, 0.1) is 12.0 Å². The predicted molar refractivity (Wildman–Crippen MR) is 64.5 cm³/mol. The monoisotopic (exact) mass is 257 g/mol. The van der Waals surface area contributed by atoms with Gasteiger partial charge in [-0.25, -0.2) is 10.4 Å². The number of aliphatic imine (C=N–C) groups is 1. The zero-order valence-corrected chi connectivity index (χ0v) is 9.74. The molecule has 1 amide bonds. The molecule has 0 aromatic heterocycles. The average Bonchev–Trinajstić information content (AvgIpc) is 2.41. The predicted octanol–water partition coefficient (Wildman–Crippen LogP) is -1.04. The Morgan fingerprint density at radius 1 is 1.42 bits per heavy atom. The van der Waals surface area contributed by atoms with Crippen LogP contribution in [0, 0.1) is 0 Å². The molecule has 0 unspecified atom stereocenters. The van der Waals surface area contributed by atoms with E-state index >= 15 is 0 Å². The maximum Gasteiger partial charge on any atom is 0.263 e. The molecule has 0 saturated heterocycles. The molecule has 0 saturated carbocycles. The van der Waals surface area contributed by atoms with Crippen LogP contribution in [0.5, 0.6) is 0 Å². The lowest BCUT2D eigenvalue weighted by Crippen LogP contribution is -2.55. The number of nitrogens with one attached hydrogen (secondary N) is 1. The molecule has 0 radical (unpaired) electrons. The van der Waals surface area contributed by atoms with Gasteiger partial charge in [-0.2, -0.15) is 5.10 Å². The summed E-state index contributed by atoms with van der Waals surface area (Å²) in [4.78, 5) is 28.1. The number of amidine groups is 1. The number of carboxylic acids is 1. The van der Waals surface area contributed by atoms with E-state index in [1.807, 2.05) is 24.3 Å². The van der Waals surface area contributed by atoms with Gasteiger partial charge in [0.1, 0.15) is 6.04 Å². The lowest BCUT2D eigenvalue weighted by Gasteiger charge is -2.35. The summed E-state index contributed by atoms with van der Waals surface area (Å²) in [5, 5.41) is 14.7. The highest BCUT2D eigenvalue weighted by atomic mass is 16.4. The Bertz CT molecular complexity index is 623. The minimum atomic E-state index is -1.30. The lowest BCUT2D eigenvalue weighted by atomic mass is 10.1. The zero-order valence-electron chi connectivity index (χ0n) is 9.74. The normalized spacial score (nSPS) is 20.2. The summed E-state index contributed by atoms with van der Waals surface area (Å²) >= 11 is 0. The van der Waals surface area contributed by atoms with Gasteiger partial charge < -0.3 is 14.8 Å². The van der Waals surface area contributed by atoms with Crippen molar-refractivity contribution in [3.8, 4) is 0 Å². The number of para-hydroxylation sites is 1. The number of hydrazone groups is 1. The van der Waals surface area contributed by atoms with Gasteiger partial charge in [0.25, 0.3) is 5.91 Å². The molecule has 96 valence electrons. The molecule has 1 N–H and O–H groups in total. The quantitative estimate of drug-likeness (QED) is 0.732. The number of fused-ring (bicyclic) bond motifs is 3. The van der Waals surface area contributed by atoms with Gasteiger partial charge in [-0.3, -0.25) is 4.79 Å². The first kappa shape index (κ1) is 11.4. The number of carbonyl (C=O) groups excluding carboxylic acids is 2. The Kier molecular flexibility index (Phi) is 2.52. The van der Waals surface area contributed by atoms with Crippen LogP contribution in [0.15, 0.2) is 34.4 Å².